The average Bonchev–Trinajstić information content (AvgIpc) is 3.04. The van der Waals surface area contributed by atoms with Gasteiger partial charge in [0.25, 0.3) is 0 Å². The van der Waals surface area contributed by atoms with Gasteiger partial charge in [-0.15, -0.1) is 0 Å². The number of carbonyl (C=O) groups is 1. The van der Waals surface area contributed by atoms with Crippen LogP contribution in [0, 0.1) is 11.8 Å². The summed E-state index contributed by atoms with van der Waals surface area (Å²) in [5.41, 5.74) is 1.14. The van der Waals surface area contributed by atoms with E-state index in [-0.39, 0.29) is 11.9 Å². The number of anilines is 1. The summed E-state index contributed by atoms with van der Waals surface area (Å²) >= 11 is 6.07. The second-order valence-corrected chi connectivity index (χ2v) is 7.70. The highest BCUT2D eigenvalue weighted by Crippen LogP contribution is 2.25. The molecule has 0 aromatic heterocycles. The molecular weight excluding hydrogens is 322 g/mol. The summed E-state index contributed by atoms with van der Waals surface area (Å²) in [5.74, 6) is 1.28. The number of hydrogen-bond donors (Lipinski definition) is 2. The number of carbonyl (C=O) groups excluding carboxylic acids is 1. The van der Waals surface area contributed by atoms with Gasteiger partial charge in [0, 0.05) is 36.3 Å². The molecule has 2 saturated heterocycles. The highest BCUT2D eigenvalue weighted by Gasteiger charge is 2.26. The van der Waals surface area contributed by atoms with Crippen molar-refractivity contribution in [2.45, 2.75) is 38.6 Å². The summed E-state index contributed by atoms with van der Waals surface area (Å²) in [6.07, 6.45) is 4.11. The largest absolute Gasteiger partial charge is 0.369 e. The van der Waals surface area contributed by atoms with Crippen molar-refractivity contribution in [1.29, 1.82) is 0 Å². The maximum Gasteiger partial charge on any atom is 0.220 e. The predicted molar refractivity (Wildman–Crippen MR) is 99.6 cm³/mol. The molecule has 2 N–H and O–H groups in total. The lowest BCUT2D eigenvalue weighted by Gasteiger charge is -2.28. The van der Waals surface area contributed by atoms with Crippen LogP contribution in [0.15, 0.2) is 24.3 Å². The number of amides is 1. The minimum absolute atomic E-state index is 0.200. The van der Waals surface area contributed by atoms with Crippen molar-refractivity contribution < 1.29 is 4.79 Å². The van der Waals surface area contributed by atoms with Gasteiger partial charge in [-0.3, -0.25) is 4.79 Å². The number of piperidine rings is 1. The second kappa shape index (κ2) is 8.21. The highest BCUT2D eigenvalue weighted by molar-refractivity contribution is 6.30. The maximum atomic E-state index is 12.4. The van der Waals surface area contributed by atoms with Crippen molar-refractivity contribution in [3.63, 3.8) is 0 Å². The van der Waals surface area contributed by atoms with E-state index in [1.54, 1.807) is 0 Å². The molecule has 132 valence electrons. The smallest absolute Gasteiger partial charge is 0.220 e. The zero-order valence-corrected chi connectivity index (χ0v) is 15.2. The fourth-order valence-electron chi connectivity index (χ4n) is 3.90. The summed E-state index contributed by atoms with van der Waals surface area (Å²) in [4.78, 5) is 14.7. The monoisotopic (exact) mass is 349 g/mol. The first-order valence-electron chi connectivity index (χ1n) is 9.12. The van der Waals surface area contributed by atoms with Gasteiger partial charge in [0.2, 0.25) is 5.91 Å². The molecule has 5 heteroatoms. The van der Waals surface area contributed by atoms with Crippen LogP contribution in [0.1, 0.15) is 32.6 Å². The number of rotatable bonds is 5. The van der Waals surface area contributed by atoms with Crippen molar-refractivity contribution in [2.75, 3.05) is 31.1 Å². The van der Waals surface area contributed by atoms with E-state index < -0.39 is 0 Å². The molecule has 3 rings (SSSR count). The lowest BCUT2D eigenvalue weighted by atomic mass is 9.85. The summed E-state index contributed by atoms with van der Waals surface area (Å²) in [5, 5.41) is 7.43. The third-order valence-corrected chi connectivity index (χ3v) is 5.61. The highest BCUT2D eigenvalue weighted by atomic mass is 35.5. The Morgan fingerprint density at radius 2 is 2.33 bits per heavy atom. The first kappa shape index (κ1) is 17.6. The molecule has 0 aliphatic carbocycles. The quantitative estimate of drug-likeness (QED) is 0.858. The van der Waals surface area contributed by atoms with Gasteiger partial charge < -0.3 is 15.5 Å². The van der Waals surface area contributed by atoms with E-state index in [0.717, 1.165) is 43.3 Å². The molecule has 24 heavy (non-hydrogen) atoms. The van der Waals surface area contributed by atoms with Crippen LogP contribution in [0.4, 0.5) is 5.69 Å². The van der Waals surface area contributed by atoms with Crippen molar-refractivity contribution >= 4 is 23.2 Å². The van der Waals surface area contributed by atoms with Crippen LogP contribution in [0.3, 0.4) is 0 Å². The van der Waals surface area contributed by atoms with Gasteiger partial charge in [-0.25, -0.2) is 0 Å². The molecule has 0 saturated carbocycles. The van der Waals surface area contributed by atoms with Crippen molar-refractivity contribution in [1.82, 2.24) is 10.6 Å². The molecule has 3 unspecified atom stereocenters. The number of hydrogen-bond acceptors (Lipinski definition) is 3. The van der Waals surface area contributed by atoms with Crippen molar-refractivity contribution in [3.8, 4) is 0 Å². The van der Waals surface area contributed by atoms with Crippen molar-refractivity contribution in [3.05, 3.63) is 29.3 Å². The second-order valence-electron chi connectivity index (χ2n) is 7.27. The van der Waals surface area contributed by atoms with E-state index in [9.17, 15) is 4.79 Å². The fraction of sp³-hybridized carbons (Fsp3) is 0.632. The molecule has 2 heterocycles. The van der Waals surface area contributed by atoms with E-state index in [1.807, 2.05) is 18.2 Å². The Balaban J connectivity index is 1.45. The number of nitrogens with one attached hydrogen (secondary N) is 2. The number of halogens is 1. The molecule has 4 nitrogen and oxygen atoms in total. The Morgan fingerprint density at radius 3 is 3.08 bits per heavy atom. The third kappa shape index (κ3) is 4.64. The summed E-state index contributed by atoms with van der Waals surface area (Å²) in [7, 11) is 0. The molecule has 1 aromatic rings. The molecule has 0 radical (unpaired) electrons. The van der Waals surface area contributed by atoms with Crippen molar-refractivity contribution in [2.24, 2.45) is 11.8 Å². The molecule has 3 atom stereocenters. The van der Waals surface area contributed by atoms with E-state index >= 15 is 0 Å². The van der Waals surface area contributed by atoms with Gasteiger partial charge in [-0.1, -0.05) is 24.6 Å². The van der Waals surface area contributed by atoms with E-state index in [1.165, 1.54) is 12.8 Å². The Kier molecular flexibility index (Phi) is 6.01. The zero-order valence-electron chi connectivity index (χ0n) is 14.4. The summed E-state index contributed by atoms with van der Waals surface area (Å²) < 4.78 is 0. The van der Waals surface area contributed by atoms with Crippen LogP contribution in [0.25, 0.3) is 0 Å². The minimum atomic E-state index is 0.200. The summed E-state index contributed by atoms with van der Waals surface area (Å²) in [6, 6.07) is 8.18. The van der Waals surface area contributed by atoms with Crippen LogP contribution in [-0.2, 0) is 4.79 Å². The average molecular weight is 350 g/mol. The van der Waals surface area contributed by atoms with Gasteiger partial charge in [-0.2, -0.15) is 0 Å². The summed E-state index contributed by atoms with van der Waals surface area (Å²) in [6.45, 7) is 6.22. The van der Waals surface area contributed by atoms with Crippen LogP contribution in [0.2, 0.25) is 5.02 Å². The first-order chi connectivity index (χ1) is 11.6. The normalized spacial score (nSPS) is 25.5. The Hall–Kier alpha value is -1.26. The predicted octanol–water partition coefficient (Wildman–Crippen LogP) is 3.06. The Labute approximate surface area is 149 Å². The zero-order chi connectivity index (χ0) is 16.9. The third-order valence-electron chi connectivity index (χ3n) is 5.37. The van der Waals surface area contributed by atoms with Crippen LogP contribution in [0.5, 0.6) is 0 Å². The molecule has 2 aliphatic rings. The Morgan fingerprint density at radius 1 is 1.46 bits per heavy atom. The Bertz CT molecular complexity index is 559. The standard InChI is InChI=1S/C19H28ClN3O/c1-14(15-4-3-8-21-12-15)10-19(24)22-17-7-9-23(13-17)18-6-2-5-16(20)11-18/h2,5-6,11,14-15,17,21H,3-4,7-10,12-13H2,1H3,(H,22,24). The minimum Gasteiger partial charge on any atom is -0.369 e. The van der Waals surface area contributed by atoms with Crippen LogP contribution >= 0.6 is 11.6 Å². The van der Waals surface area contributed by atoms with E-state index in [4.69, 9.17) is 11.6 Å². The van der Waals surface area contributed by atoms with Gasteiger partial charge in [0.05, 0.1) is 0 Å². The van der Waals surface area contributed by atoms with Gasteiger partial charge in [-0.05, 0) is 62.4 Å². The molecule has 1 amide bonds. The van der Waals surface area contributed by atoms with Gasteiger partial charge >= 0.3 is 0 Å². The van der Waals surface area contributed by atoms with Crippen LogP contribution < -0.4 is 15.5 Å². The van der Waals surface area contributed by atoms with Gasteiger partial charge in [0.1, 0.15) is 0 Å². The van der Waals surface area contributed by atoms with Crippen LogP contribution in [-0.4, -0.2) is 38.1 Å². The lowest BCUT2D eigenvalue weighted by Crippen LogP contribution is -2.40. The SMILES string of the molecule is CC(CC(=O)NC1CCN(c2cccc(Cl)c2)C1)C1CCCNC1. The lowest BCUT2D eigenvalue weighted by molar-refractivity contribution is -0.122. The number of benzene rings is 1. The molecular formula is C19H28ClN3O. The molecule has 1 aromatic carbocycles. The fourth-order valence-corrected chi connectivity index (χ4v) is 4.08. The maximum absolute atomic E-state index is 12.4. The number of nitrogens with zero attached hydrogens (tertiary/aromatic N) is 1. The van der Waals surface area contributed by atoms with Gasteiger partial charge in [0.15, 0.2) is 0 Å². The molecule has 0 spiro atoms. The first-order valence-corrected chi connectivity index (χ1v) is 9.50. The molecule has 2 fully saturated rings. The van der Waals surface area contributed by atoms with E-state index in [2.05, 4.69) is 28.5 Å². The molecule has 2 aliphatic heterocycles. The topological polar surface area (TPSA) is 44.4 Å². The molecule has 0 bridgehead atoms. The van der Waals surface area contributed by atoms with E-state index in [0.29, 0.717) is 18.3 Å².